The monoisotopic (exact) mass is 326 g/mol. The Morgan fingerprint density at radius 1 is 1.17 bits per heavy atom. The Labute approximate surface area is 138 Å². The lowest BCUT2D eigenvalue weighted by Crippen LogP contribution is -2.34. The number of hydrogen-bond acceptors (Lipinski definition) is 4. The van der Waals surface area contributed by atoms with E-state index in [1.165, 1.54) is 6.07 Å². The van der Waals surface area contributed by atoms with Crippen LogP contribution in [0.4, 0.5) is 0 Å². The molecule has 0 saturated carbocycles. The van der Waals surface area contributed by atoms with E-state index in [2.05, 4.69) is 10.3 Å². The number of aromatic nitrogens is 1. The lowest BCUT2D eigenvalue weighted by molar-refractivity contribution is 0.0945. The molecule has 0 bridgehead atoms. The van der Waals surface area contributed by atoms with E-state index in [1.807, 2.05) is 30.3 Å². The van der Waals surface area contributed by atoms with Crippen LogP contribution in [0.25, 0.3) is 0 Å². The van der Waals surface area contributed by atoms with Crippen LogP contribution in [0.5, 0.6) is 5.75 Å². The van der Waals surface area contributed by atoms with Gasteiger partial charge in [-0.3, -0.25) is 14.4 Å². The van der Waals surface area contributed by atoms with Gasteiger partial charge in [0.1, 0.15) is 17.9 Å². The predicted molar refractivity (Wildman–Crippen MR) is 88.6 cm³/mol. The number of aromatic amines is 1. The molecule has 0 atom stereocenters. The Bertz CT molecular complexity index is 812. The molecule has 2 aromatic rings. The third-order valence-electron chi connectivity index (χ3n) is 3.90. The summed E-state index contributed by atoms with van der Waals surface area (Å²) in [7, 11) is 0. The molecule has 1 amide bonds. The van der Waals surface area contributed by atoms with Gasteiger partial charge in [-0.2, -0.15) is 0 Å². The van der Waals surface area contributed by atoms with E-state index in [4.69, 9.17) is 4.74 Å². The number of ketones is 1. The first kappa shape index (κ1) is 16.0. The first-order valence-electron chi connectivity index (χ1n) is 7.90. The lowest BCUT2D eigenvalue weighted by Gasteiger charge is -2.15. The van der Waals surface area contributed by atoms with Crippen molar-refractivity contribution in [1.29, 1.82) is 0 Å². The van der Waals surface area contributed by atoms with E-state index in [1.54, 1.807) is 0 Å². The number of nitrogens with one attached hydrogen (secondary N) is 2. The summed E-state index contributed by atoms with van der Waals surface area (Å²) in [5.74, 6) is 0.173. The van der Waals surface area contributed by atoms with Gasteiger partial charge >= 0.3 is 0 Å². The van der Waals surface area contributed by atoms with Crippen LogP contribution in [-0.4, -0.2) is 29.8 Å². The molecular weight excluding hydrogens is 308 g/mol. The number of ether oxygens (including phenoxy) is 1. The summed E-state index contributed by atoms with van der Waals surface area (Å²) < 4.78 is 5.48. The number of H-pyrrole nitrogens is 1. The number of rotatable bonds is 5. The van der Waals surface area contributed by atoms with Crippen molar-refractivity contribution in [3.05, 3.63) is 63.6 Å². The number of Topliss-reactive ketones (excluding diaryl/α,β-unsaturated/α-hetero) is 1. The number of benzene rings is 1. The van der Waals surface area contributed by atoms with Crippen molar-refractivity contribution in [2.75, 3.05) is 13.2 Å². The predicted octanol–water partition coefficient (Wildman–Crippen LogP) is 1.70. The summed E-state index contributed by atoms with van der Waals surface area (Å²) in [5, 5.41) is 2.64. The van der Waals surface area contributed by atoms with Crippen LogP contribution in [0, 0.1) is 0 Å². The van der Waals surface area contributed by atoms with Gasteiger partial charge in [-0.05, 0) is 31.0 Å². The summed E-state index contributed by atoms with van der Waals surface area (Å²) in [6, 6.07) is 10.7. The third kappa shape index (κ3) is 3.53. The van der Waals surface area contributed by atoms with Crippen LogP contribution in [0.15, 0.2) is 41.2 Å². The van der Waals surface area contributed by atoms with E-state index in [-0.39, 0.29) is 24.5 Å². The van der Waals surface area contributed by atoms with Crippen LogP contribution in [-0.2, 0) is 6.42 Å². The highest BCUT2D eigenvalue weighted by Gasteiger charge is 2.21. The van der Waals surface area contributed by atoms with Gasteiger partial charge in [0, 0.05) is 17.7 Å². The van der Waals surface area contributed by atoms with Crippen LogP contribution in [0.1, 0.15) is 39.3 Å². The van der Waals surface area contributed by atoms with Crippen LogP contribution in [0.2, 0.25) is 0 Å². The fourth-order valence-corrected chi connectivity index (χ4v) is 2.69. The van der Waals surface area contributed by atoms with Crippen molar-refractivity contribution in [3.63, 3.8) is 0 Å². The first-order valence-corrected chi connectivity index (χ1v) is 7.90. The average Bonchev–Trinajstić information content (AvgIpc) is 2.59. The highest BCUT2D eigenvalue weighted by Crippen LogP contribution is 2.18. The van der Waals surface area contributed by atoms with Gasteiger partial charge < -0.3 is 15.0 Å². The molecular formula is C18H18N2O4. The van der Waals surface area contributed by atoms with Crippen molar-refractivity contribution < 1.29 is 14.3 Å². The summed E-state index contributed by atoms with van der Waals surface area (Å²) in [6.07, 6.45) is 1.83. The molecule has 0 unspecified atom stereocenters. The molecule has 3 rings (SSSR count). The zero-order chi connectivity index (χ0) is 16.9. The van der Waals surface area contributed by atoms with E-state index >= 15 is 0 Å². The molecule has 1 heterocycles. The van der Waals surface area contributed by atoms with Gasteiger partial charge in [-0.25, -0.2) is 0 Å². The van der Waals surface area contributed by atoms with E-state index in [0.717, 1.165) is 6.42 Å². The van der Waals surface area contributed by atoms with Gasteiger partial charge in [-0.15, -0.1) is 0 Å². The highest BCUT2D eigenvalue weighted by molar-refractivity contribution is 6.01. The molecule has 0 radical (unpaired) electrons. The maximum Gasteiger partial charge on any atom is 0.261 e. The number of carbonyl (C=O) groups is 2. The van der Waals surface area contributed by atoms with Crippen LogP contribution in [0.3, 0.4) is 0 Å². The number of hydrogen-bond donors (Lipinski definition) is 2. The number of fused-ring (bicyclic) bond motifs is 1. The molecule has 1 aromatic heterocycles. The Morgan fingerprint density at radius 2 is 1.96 bits per heavy atom. The minimum atomic E-state index is -0.505. The topological polar surface area (TPSA) is 88.3 Å². The molecule has 0 saturated heterocycles. The third-order valence-corrected chi connectivity index (χ3v) is 3.90. The van der Waals surface area contributed by atoms with Crippen molar-refractivity contribution >= 4 is 11.7 Å². The van der Waals surface area contributed by atoms with E-state index in [0.29, 0.717) is 29.8 Å². The second-order valence-electron chi connectivity index (χ2n) is 5.60. The van der Waals surface area contributed by atoms with Gasteiger partial charge in [0.25, 0.3) is 11.5 Å². The summed E-state index contributed by atoms with van der Waals surface area (Å²) in [4.78, 5) is 38.8. The Kier molecular flexibility index (Phi) is 4.74. The molecule has 6 heteroatoms. The number of para-hydroxylation sites is 1. The molecule has 6 nitrogen and oxygen atoms in total. The SMILES string of the molecule is O=C1CCCc2[nH]c(=O)c(C(=O)NCCOc3ccccc3)cc21. The van der Waals surface area contributed by atoms with Crippen LogP contribution >= 0.6 is 0 Å². The van der Waals surface area contributed by atoms with Crippen molar-refractivity contribution in [2.45, 2.75) is 19.3 Å². The molecule has 0 fully saturated rings. The van der Waals surface area contributed by atoms with Crippen molar-refractivity contribution in [1.82, 2.24) is 10.3 Å². The zero-order valence-corrected chi connectivity index (χ0v) is 13.1. The molecule has 1 aliphatic carbocycles. The molecule has 24 heavy (non-hydrogen) atoms. The molecule has 1 aliphatic rings. The van der Waals surface area contributed by atoms with Gasteiger partial charge in [0.15, 0.2) is 5.78 Å². The summed E-state index contributed by atoms with van der Waals surface area (Å²) in [6.45, 7) is 0.551. The number of pyridine rings is 1. The maximum atomic E-state index is 12.2. The van der Waals surface area contributed by atoms with E-state index < -0.39 is 11.5 Å². The molecule has 1 aromatic carbocycles. The molecule has 2 N–H and O–H groups in total. The second-order valence-corrected chi connectivity index (χ2v) is 5.60. The second kappa shape index (κ2) is 7.12. The zero-order valence-electron chi connectivity index (χ0n) is 13.1. The smallest absolute Gasteiger partial charge is 0.261 e. The minimum absolute atomic E-state index is 0.0334. The summed E-state index contributed by atoms with van der Waals surface area (Å²) in [5.41, 5.74) is 0.570. The average molecular weight is 326 g/mol. The summed E-state index contributed by atoms with van der Waals surface area (Å²) >= 11 is 0. The fourth-order valence-electron chi connectivity index (χ4n) is 2.69. The first-order chi connectivity index (χ1) is 11.6. The fraction of sp³-hybridized carbons (Fsp3) is 0.278. The molecule has 124 valence electrons. The molecule has 0 spiro atoms. The lowest BCUT2D eigenvalue weighted by atomic mass is 9.93. The van der Waals surface area contributed by atoms with Gasteiger partial charge in [0.05, 0.1) is 6.54 Å². The standard InChI is InChI=1S/C18H18N2O4/c21-16-8-4-7-15-13(16)11-14(18(23)20-15)17(22)19-9-10-24-12-5-2-1-3-6-12/h1-3,5-6,11H,4,7-10H2,(H,19,22)(H,20,23). The Morgan fingerprint density at radius 3 is 2.75 bits per heavy atom. The maximum absolute atomic E-state index is 12.2. The Hall–Kier alpha value is -2.89. The molecule has 0 aliphatic heterocycles. The largest absolute Gasteiger partial charge is 0.492 e. The highest BCUT2D eigenvalue weighted by atomic mass is 16.5. The number of carbonyl (C=O) groups excluding carboxylic acids is 2. The van der Waals surface area contributed by atoms with Crippen LogP contribution < -0.4 is 15.6 Å². The Balaban J connectivity index is 1.62. The quantitative estimate of drug-likeness (QED) is 0.819. The van der Waals surface area contributed by atoms with E-state index in [9.17, 15) is 14.4 Å². The normalized spacial score (nSPS) is 13.2. The van der Waals surface area contributed by atoms with Crippen molar-refractivity contribution in [3.8, 4) is 5.75 Å². The van der Waals surface area contributed by atoms with Gasteiger partial charge in [0.2, 0.25) is 0 Å². The van der Waals surface area contributed by atoms with Crippen molar-refractivity contribution in [2.24, 2.45) is 0 Å². The van der Waals surface area contributed by atoms with Gasteiger partial charge in [-0.1, -0.05) is 18.2 Å². The number of aryl methyl sites for hydroxylation is 1. The number of amides is 1. The minimum Gasteiger partial charge on any atom is -0.492 e.